The Bertz CT molecular complexity index is 3370. The van der Waals surface area contributed by atoms with E-state index in [1.165, 1.54) is 0 Å². The van der Waals surface area contributed by atoms with Gasteiger partial charge in [-0.2, -0.15) is 0 Å². The van der Waals surface area contributed by atoms with Crippen molar-refractivity contribution in [2.45, 2.75) is 151 Å². The van der Waals surface area contributed by atoms with Crippen molar-refractivity contribution < 1.29 is 86.7 Å². The van der Waals surface area contributed by atoms with Crippen LogP contribution < -0.4 is 26.6 Å². The van der Waals surface area contributed by atoms with Crippen molar-refractivity contribution in [3.63, 3.8) is 0 Å². The number of aliphatic hydroxyl groups excluding tert-OH is 3. The number of aliphatic hydroxyl groups is 3. The maximum atomic E-state index is 15.0. The Balaban J connectivity index is 1.10. The van der Waals surface area contributed by atoms with Gasteiger partial charge in [-0.25, -0.2) is 19.2 Å². The van der Waals surface area contributed by atoms with Gasteiger partial charge in [-0.15, -0.1) is 0 Å². The van der Waals surface area contributed by atoms with E-state index in [1.807, 2.05) is 42.5 Å². The summed E-state index contributed by atoms with van der Waals surface area (Å²) < 4.78 is 62.7. The second-order valence-electron chi connectivity index (χ2n) is 23.0. The summed E-state index contributed by atoms with van der Waals surface area (Å²) in [5, 5.41) is 54.0. The number of carbonyl (C=O) groups is 5. The van der Waals surface area contributed by atoms with Crippen LogP contribution in [-0.2, 0) is 91.8 Å². The highest BCUT2D eigenvalue weighted by atomic mass is 16.7. The molecule has 3 fully saturated rings. The molecule has 26 heteroatoms. The number of azide groups is 1. The van der Waals surface area contributed by atoms with Crippen molar-refractivity contribution in [2.75, 3.05) is 19.7 Å². The van der Waals surface area contributed by atoms with Gasteiger partial charge >= 0.3 is 24.4 Å². The molecule has 0 aromatic heterocycles. The third kappa shape index (κ3) is 21.2. The van der Waals surface area contributed by atoms with Crippen molar-refractivity contribution in [3.8, 4) is 0 Å². The zero-order valence-electron chi connectivity index (χ0n) is 52.3. The third-order valence-electron chi connectivity index (χ3n) is 16.2. The number of ether oxygens (including phenoxy) is 10. The van der Waals surface area contributed by atoms with Crippen LogP contribution in [0.5, 0.6) is 0 Å². The summed E-state index contributed by atoms with van der Waals surface area (Å²) in [5.74, 6) is -1.56. The van der Waals surface area contributed by atoms with Gasteiger partial charge in [0.2, 0.25) is 5.91 Å². The third-order valence-corrected chi connectivity index (χ3v) is 16.2. The SMILES string of the molecule is C[C@@H](CCNC(=O)OCc1ccccc1)C(=O)N[C@@H]1C(OCc2ccccc2)[C@H](NC(=O)OCc2ccccc2)C(O[C@H]2O[C@H](CNC(=O)OCc3ccccc3)CCC2NC(=O)OCc2ccccc2)C(O)[C@H]1O[C@H]1OC(CO)[C@H](O)[C@H](N=[N+]=[N-])C1OCc1ccccc1. The molecule has 1 saturated carbocycles. The van der Waals surface area contributed by atoms with Crippen LogP contribution in [0.4, 0.5) is 19.2 Å². The fourth-order valence-corrected chi connectivity index (χ4v) is 11.1. The van der Waals surface area contributed by atoms with Gasteiger partial charge in [0.15, 0.2) is 12.6 Å². The predicted molar refractivity (Wildman–Crippen MR) is 340 cm³/mol. The van der Waals surface area contributed by atoms with E-state index >= 15 is 4.79 Å². The predicted octanol–water partition coefficient (Wildman–Crippen LogP) is 7.52. The zero-order valence-corrected chi connectivity index (χ0v) is 52.3. The van der Waals surface area contributed by atoms with E-state index in [2.05, 4.69) is 36.6 Å². The average Bonchev–Trinajstić information content (AvgIpc) is 0.757. The second kappa shape index (κ2) is 36.5. The number of nitrogens with zero attached hydrogens (tertiary/aromatic N) is 3. The minimum Gasteiger partial charge on any atom is -0.445 e. The van der Waals surface area contributed by atoms with E-state index in [0.29, 0.717) is 22.3 Å². The highest BCUT2D eigenvalue weighted by Crippen LogP contribution is 2.37. The number of benzene rings is 6. The molecular weight excluding hydrogens is 1230 g/mol. The molecule has 26 nitrogen and oxygen atoms in total. The van der Waals surface area contributed by atoms with Gasteiger partial charge in [0.25, 0.3) is 0 Å². The highest BCUT2D eigenvalue weighted by Gasteiger charge is 2.58. The Morgan fingerprint density at radius 1 is 0.516 bits per heavy atom. The van der Waals surface area contributed by atoms with Crippen LogP contribution in [0.2, 0.25) is 0 Å². The normalized spacial score (nSPS) is 25.0. The molecule has 6 aromatic carbocycles. The van der Waals surface area contributed by atoms with E-state index in [0.717, 1.165) is 11.1 Å². The van der Waals surface area contributed by atoms with Crippen LogP contribution >= 0.6 is 0 Å². The molecule has 1 aliphatic carbocycles. The summed E-state index contributed by atoms with van der Waals surface area (Å²) in [5.41, 5.74) is 14.1. The van der Waals surface area contributed by atoms with Crippen molar-refractivity contribution in [2.24, 2.45) is 11.0 Å². The van der Waals surface area contributed by atoms with Crippen LogP contribution in [0.3, 0.4) is 0 Å². The first-order valence-corrected chi connectivity index (χ1v) is 31.4. The van der Waals surface area contributed by atoms with Crippen LogP contribution in [-0.4, -0.2) is 151 Å². The minimum absolute atomic E-state index is 0.00218. The molecule has 6 aromatic rings. The van der Waals surface area contributed by atoms with Crippen LogP contribution in [0.1, 0.15) is 59.6 Å². The van der Waals surface area contributed by atoms with Crippen molar-refractivity contribution in [1.29, 1.82) is 0 Å². The van der Waals surface area contributed by atoms with E-state index in [1.54, 1.807) is 146 Å². The molecular formula is C69H80N8O18. The Morgan fingerprint density at radius 3 is 1.41 bits per heavy atom. The van der Waals surface area contributed by atoms with Gasteiger partial charge < -0.3 is 89.3 Å². The van der Waals surface area contributed by atoms with Crippen molar-refractivity contribution >= 4 is 30.3 Å². The Kier molecular flexibility index (Phi) is 26.9. The molecule has 95 heavy (non-hydrogen) atoms. The molecule has 8 N–H and O–H groups in total. The number of hydrogen-bond donors (Lipinski definition) is 8. The monoisotopic (exact) mass is 1310 g/mol. The van der Waals surface area contributed by atoms with Crippen molar-refractivity contribution in [3.05, 3.63) is 226 Å². The van der Waals surface area contributed by atoms with Gasteiger partial charge in [0, 0.05) is 23.9 Å². The molecule has 5 amide bonds. The lowest BCUT2D eigenvalue weighted by molar-refractivity contribution is -0.328. The molecule has 6 unspecified atom stereocenters. The number of nitrogens with one attached hydrogen (secondary N) is 5. The Hall–Kier alpha value is -9.18. The largest absolute Gasteiger partial charge is 0.445 e. The molecule has 2 aliphatic heterocycles. The topological polar surface area (TPSA) is 347 Å². The molecule has 9 rings (SSSR count). The maximum Gasteiger partial charge on any atom is 0.407 e. The quantitative estimate of drug-likeness (QED) is 0.00974. The number of hydrogen-bond acceptors (Lipinski definition) is 19. The van der Waals surface area contributed by atoms with E-state index in [-0.39, 0.29) is 72.0 Å². The molecule has 2 saturated heterocycles. The van der Waals surface area contributed by atoms with Crippen LogP contribution in [0, 0.1) is 5.92 Å². The molecule has 3 aliphatic rings. The first kappa shape index (κ1) is 70.1. The molecule has 15 atom stereocenters. The van der Waals surface area contributed by atoms with Crippen molar-refractivity contribution in [1.82, 2.24) is 26.6 Å². The highest BCUT2D eigenvalue weighted by molar-refractivity contribution is 5.79. The lowest BCUT2D eigenvalue weighted by Gasteiger charge is -2.52. The number of carbonyl (C=O) groups excluding carboxylic acids is 5. The zero-order chi connectivity index (χ0) is 66.7. The number of amides is 5. The molecule has 504 valence electrons. The number of alkyl carbamates (subject to hydrolysis) is 4. The second-order valence-corrected chi connectivity index (χ2v) is 23.0. The molecule has 0 radical (unpaired) electrons. The molecule has 2 heterocycles. The molecule has 0 spiro atoms. The summed E-state index contributed by atoms with van der Waals surface area (Å²) in [6.07, 6.45) is -18.9. The summed E-state index contributed by atoms with van der Waals surface area (Å²) in [6.45, 7) is -0.102. The van der Waals surface area contributed by atoms with E-state index in [4.69, 9.17) is 47.4 Å². The number of rotatable bonds is 29. The van der Waals surface area contributed by atoms with Crippen LogP contribution in [0.15, 0.2) is 187 Å². The van der Waals surface area contributed by atoms with Gasteiger partial charge in [-0.05, 0) is 58.2 Å². The standard InChI is InChI=1S/C69H80N8O18/c1-44(34-35-71-66(82)88-40-47-24-12-4-13-25-47)63(81)74-55-59(86-38-45-20-8-2-9-21-45)56(75-69(85)91-43-50-30-18-7-19-31-50)61(58(80)60(55)95-65-62(87-39-46-22-10-3-11-23-46)54(76-77-70)57(79)53(37-78)93-65)94-64-52(73-68(84)90-42-49-28-16-6-17-29-49)33-32-51(92-64)36-72-67(83)89-41-48-26-14-5-15-27-48/h2-31,44,51-62,64-65,78-80H,32-43H2,1H3,(H,71,82)(H,72,83)(H,73,84)(H,74,81)(H,75,85)/t44-,51-,52?,53?,54-,55+,56-,57-,58?,59?,60-,61?,62?,64+,65+/m0/s1. The molecule has 0 bridgehead atoms. The van der Waals surface area contributed by atoms with Crippen LogP contribution in [0.25, 0.3) is 10.4 Å². The Labute approximate surface area is 549 Å². The maximum absolute atomic E-state index is 15.0. The first-order chi connectivity index (χ1) is 46.3. The smallest absolute Gasteiger partial charge is 0.407 e. The lowest BCUT2D eigenvalue weighted by Crippen LogP contribution is -2.75. The van der Waals surface area contributed by atoms with Gasteiger partial charge in [-0.3, -0.25) is 4.79 Å². The summed E-state index contributed by atoms with van der Waals surface area (Å²) >= 11 is 0. The van der Waals surface area contributed by atoms with Gasteiger partial charge in [0.05, 0.1) is 56.2 Å². The summed E-state index contributed by atoms with van der Waals surface area (Å²) in [7, 11) is 0. The van der Waals surface area contributed by atoms with Gasteiger partial charge in [0.1, 0.15) is 63.1 Å². The fourth-order valence-electron chi connectivity index (χ4n) is 11.1. The lowest BCUT2D eigenvalue weighted by atomic mass is 9.80. The van der Waals surface area contributed by atoms with E-state index < -0.39 is 128 Å². The minimum atomic E-state index is -2.04. The summed E-state index contributed by atoms with van der Waals surface area (Å²) in [6, 6.07) is 48.0. The fraction of sp³-hybridized carbons (Fsp3) is 0.406. The van der Waals surface area contributed by atoms with Gasteiger partial charge in [-0.1, -0.05) is 194 Å². The Morgan fingerprint density at radius 2 is 0.937 bits per heavy atom. The average molecular weight is 1310 g/mol. The van der Waals surface area contributed by atoms with E-state index in [9.17, 15) is 40.0 Å². The summed E-state index contributed by atoms with van der Waals surface area (Å²) in [4.78, 5) is 72.6. The first-order valence-electron chi connectivity index (χ1n) is 31.4.